The van der Waals surface area contributed by atoms with E-state index in [0.29, 0.717) is 29.3 Å². The zero-order valence-corrected chi connectivity index (χ0v) is 19.4. The first-order valence-corrected chi connectivity index (χ1v) is 12.2. The van der Waals surface area contributed by atoms with Crippen molar-refractivity contribution in [3.63, 3.8) is 0 Å². The summed E-state index contributed by atoms with van der Waals surface area (Å²) in [6, 6.07) is 0.240. The Hall–Kier alpha value is -2.15. The van der Waals surface area contributed by atoms with E-state index >= 15 is 0 Å². The minimum Gasteiger partial charge on any atom is -0.481 e. The molecule has 0 unspecified atom stereocenters. The number of amides is 2. The fourth-order valence-corrected chi connectivity index (χ4v) is 6.21. The SMILES string of the molecule is CC[C@@H]1CCc2c(sc(NC(=O)[C@@H]3CC(C)=C(C)C[C@@H]3C(=O)O)c2C(=O)NC2CC2)C1. The van der Waals surface area contributed by atoms with Gasteiger partial charge in [-0.1, -0.05) is 24.5 Å². The molecule has 1 saturated carbocycles. The number of nitrogens with one attached hydrogen (secondary N) is 2. The number of rotatable bonds is 6. The molecule has 0 aromatic carbocycles. The molecule has 1 aromatic rings. The van der Waals surface area contributed by atoms with Gasteiger partial charge in [-0.15, -0.1) is 11.3 Å². The lowest BCUT2D eigenvalue weighted by atomic mass is 9.76. The van der Waals surface area contributed by atoms with Crippen LogP contribution in [0.4, 0.5) is 5.00 Å². The zero-order chi connectivity index (χ0) is 22.3. The second-order valence-corrected chi connectivity index (χ2v) is 10.6. The Labute approximate surface area is 187 Å². The summed E-state index contributed by atoms with van der Waals surface area (Å²) in [5, 5.41) is 16.4. The van der Waals surface area contributed by atoms with Gasteiger partial charge < -0.3 is 15.7 Å². The lowest BCUT2D eigenvalue weighted by Gasteiger charge is -2.29. The van der Waals surface area contributed by atoms with E-state index in [0.717, 1.165) is 55.2 Å². The van der Waals surface area contributed by atoms with Crippen LogP contribution in [0.3, 0.4) is 0 Å². The van der Waals surface area contributed by atoms with Gasteiger partial charge >= 0.3 is 5.97 Å². The molecule has 3 atom stereocenters. The Balaban J connectivity index is 1.62. The van der Waals surface area contributed by atoms with Crippen molar-refractivity contribution in [3.8, 4) is 0 Å². The Morgan fingerprint density at radius 3 is 2.32 bits per heavy atom. The zero-order valence-electron chi connectivity index (χ0n) is 18.5. The lowest BCUT2D eigenvalue weighted by Crippen LogP contribution is -2.37. The van der Waals surface area contributed by atoms with Crippen LogP contribution in [0.25, 0.3) is 0 Å². The molecule has 31 heavy (non-hydrogen) atoms. The van der Waals surface area contributed by atoms with E-state index in [1.54, 1.807) is 0 Å². The molecule has 0 aliphatic heterocycles. The molecule has 168 valence electrons. The molecule has 7 heteroatoms. The predicted molar refractivity (Wildman–Crippen MR) is 121 cm³/mol. The molecule has 1 heterocycles. The van der Waals surface area contributed by atoms with Crippen LogP contribution in [-0.4, -0.2) is 28.9 Å². The number of carbonyl (C=O) groups excluding carboxylic acids is 2. The molecule has 3 aliphatic carbocycles. The van der Waals surface area contributed by atoms with Gasteiger partial charge in [0.25, 0.3) is 5.91 Å². The maximum atomic E-state index is 13.3. The third-order valence-electron chi connectivity index (χ3n) is 7.24. The molecule has 0 spiro atoms. The van der Waals surface area contributed by atoms with Crippen LogP contribution in [0, 0.1) is 17.8 Å². The quantitative estimate of drug-likeness (QED) is 0.561. The number of allylic oxidation sites excluding steroid dienone is 2. The summed E-state index contributed by atoms with van der Waals surface area (Å²) in [4.78, 5) is 39.4. The molecule has 0 radical (unpaired) electrons. The van der Waals surface area contributed by atoms with E-state index in [1.807, 2.05) is 13.8 Å². The second-order valence-electron chi connectivity index (χ2n) is 9.48. The van der Waals surface area contributed by atoms with Gasteiger partial charge in [-0.25, -0.2) is 0 Å². The lowest BCUT2D eigenvalue weighted by molar-refractivity contribution is -0.146. The molecular formula is C24H32N2O4S. The summed E-state index contributed by atoms with van der Waals surface area (Å²) >= 11 is 1.51. The molecule has 1 fully saturated rings. The van der Waals surface area contributed by atoms with E-state index in [4.69, 9.17) is 0 Å². The monoisotopic (exact) mass is 444 g/mol. The van der Waals surface area contributed by atoms with Crippen LogP contribution in [0.2, 0.25) is 0 Å². The van der Waals surface area contributed by atoms with Gasteiger partial charge in [-0.05, 0) is 70.3 Å². The van der Waals surface area contributed by atoms with Crippen molar-refractivity contribution in [2.75, 3.05) is 5.32 Å². The summed E-state index contributed by atoms with van der Waals surface area (Å²) in [6.07, 6.45) is 6.82. The van der Waals surface area contributed by atoms with Gasteiger partial charge in [0, 0.05) is 10.9 Å². The van der Waals surface area contributed by atoms with Gasteiger partial charge in [-0.2, -0.15) is 0 Å². The molecule has 1 aromatic heterocycles. The number of fused-ring (bicyclic) bond motifs is 1. The molecule has 3 aliphatic rings. The highest BCUT2D eigenvalue weighted by atomic mass is 32.1. The Morgan fingerprint density at radius 2 is 1.71 bits per heavy atom. The fraction of sp³-hybridized carbons (Fsp3) is 0.625. The van der Waals surface area contributed by atoms with Crippen molar-refractivity contribution in [1.82, 2.24) is 5.32 Å². The highest BCUT2D eigenvalue weighted by molar-refractivity contribution is 7.17. The summed E-state index contributed by atoms with van der Waals surface area (Å²) in [6.45, 7) is 6.10. The Kier molecular flexibility index (Phi) is 6.24. The summed E-state index contributed by atoms with van der Waals surface area (Å²) in [7, 11) is 0. The smallest absolute Gasteiger partial charge is 0.307 e. The standard InChI is InChI=1S/C24H32N2O4S/c1-4-14-5-8-16-19(11-14)31-23(20(16)22(28)25-15-6-7-15)26-21(27)17-9-12(2)13(3)10-18(17)24(29)30/h14-15,17-18H,4-11H2,1-3H3,(H,25,28)(H,26,27)(H,29,30)/t14-,17-,18+/m1/s1. The third kappa shape index (κ3) is 4.56. The van der Waals surface area contributed by atoms with E-state index in [9.17, 15) is 19.5 Å². The predicted octanol–water partition coefficient (Wildman–Crippen LogP) is 4.54. The van der Waals surface area contributed by atoms with E-state index in [1.165, 1.54) is 16.2 Å². The van der Waals surface area contributed by atoms with Crippen LogP contribution in [0.5, 0.6) is 0 Å². The maximum absolute atomic E-state index is 13.3. The highest BCUT2D eigenvalue weighted by Crippen LogP contribution is 2.42. The van der Waals surface area contributed by atoms with Gasteiger partial charge in [-0.3, -0.25) is 14.4 Å². The van der Waals surface area contributed by atoms with Crippen molar-refractivity contribution in [2.24, 2.45) is 17.8 Å². The molecule has 6 nitrogen and oxygen atoms in total. The number of thiophene rings is 1. The van der Waals surface area contributed by atoms with Crippen LogP contribution in [-0.2, 0) is 22.4 Å². The van der Waals surface area contributed by atoms with Crippen LogP contribution >= 0.6 is 11.3 Å². The van der Waals surface area contributed by atoms with Crippen LogP contribution in [0.15, 0.2) is 11.1 Å². The average Bonchev–Trinajstić information content (AvgIpc) is 3.47. The van der Waals surface area contributed by atoms with E-state index < -0.39 is 17.8 Å². The van der Waals surface area contributed by atoms with E-state index in [2.05, 4.69) is 17.6 Å². The Morgan fingerprint density at radius 1 is 1.03 bits per heavy atom. The van der Waals surface area contributed by atoms with Gasteiger partial charge in [0.2, 0.25) is 5.91 Å². The Bertz CT molecular complexity index is 944. The highest BCUT2D eigenvalue weighted by Gasteiger charge is 2.39. The number of hydrogen-bond donors (Lipinski definition) is 3. The number of carbonyl (C=O) groups is 3. The van der Waals surface area contributed by atoms with Gasteiger partial charge in [0.1, 0.15) is 5.00 Å². The van der Waals surface area contributed by atoms with Crippen LogP contribution in [0.1, 0.15) is 80.1 Å². The molecular weight excluding hydrogens is 412 g/mol. The minimum absolute atomic E-state index is 0.101. The molecule has 2 amide bonds. The second kappa shape index (κ2) is 8.77. The first-order valence-electron chi connectivity index (χ1n) is 11.4. The third-order valence-corrected chi connectivity index (χ3v) is 8.41. The van der Waals surface area contributed by atoms with Crippen molar-refractivity contribution in [2.45, 2.75) is 78.2 Å². The van der Waals surface area contributed by atoms with Gasteiger partial charge in [0.05, 0.1) is 17.4 Å². The number of anilines is 1. The summed E-state index contributed by atoms with van der Waals surface area (Å²) < 4.78 is 0. The van der Waals surface area contributed by atoms with Crippen molar-refractivity contribution in [3.05, 3.63) is 27.2 Å². The molecule has 4 rings (SSSR count). The first-order chi connectivity index (χ1) is 14.8. The first kappa shape index (κ1) is 22.1. The number of aliphatic carboxylic acids is 1. The number of carboxylic acids is 1. The average molecular weight is 445 g/mol. The molecule has 0 bridgehead atoms. The largest absolute Gasteiger partial charge is 0.481 e. The normalized spacial score (nSPS) is 25.7. The van der Waals surface area contributed by atoms with Gasteiger partial charge in [0.15, 0.2) is 0 Å². The van der Waals surface area contributed by atoms with Crippen molar-refractivity contribution in [1.29, 1.82) is 0 Å². The fourth-order valence-electron chi connectivity index (χ4n) is 4.85. The van der Waals surface area contributed by atoms with Crippen molar-refractivity contribution >= 4 is 34.1 Å². The minimum atomic E-state index is -0.935. The topological polar surface area (TPSA) is 95.5 Å². The molecule has 0 saturated heterocycles. The molecule has 3 N–H and O–H groups in total. The van der Waals surface area contributed by atoms with Crippen LogP contribution < -0.4 is 10.6 Å². The number of carboxylic acid groups (broad SMARTS) is 1. The maximum Gasteiger partial charge on any atom is 0.307 e. The summed E-state index contributed by atoms with van der Waals surface area (Å²) in [5.41, 5.74) is 3.83. The van der Waals surface area contributed by atoms with Crippen molar-refractivity contribution < 1.29 is 19.5 Å². The summed E-state index contributed by atoms with van der Waals surface area (Å²) in [5.74, 6) is -2.06. The number of hydrogen-bond acceptors (Lipinski definition) is 4. The van der Waals surface area contributed by atoms with E-state index in [-0.39, 0.29) is 17.9 Å².